The lowest BCUT2D eigenvalue weighted by Crippen LogP contribution is -2.71. The van der Waals surface area contributed by atoms with Crippen molar-refractivity contribution in [2.75, 3.05) is 30.2 Å². The smallest absolute Gasteiger partial charge is 0.352 e. The maximum Gasteiger partial charge on any atom is 0.352 e. The van der Waals surface area contributed by atoms with Crippen LogP contribution in [0.4, 0.5) is 5.13 Å². The summed E-state index contributed by atoms with van der Waals surface area (Å²) >= 11 is 7.50. The first-order valence-electron chi connectivity index (χ1n) is 11.1. The number of hydrogen-bond acceptors (Lipinski definition) is 13. The molecular formula is C21H21ClN6O10S2. The Morgan fingerprint density at radius 1 is 1.30 bits per heavy atom. The van der Waals surface area contributed by atoms with E-state index in [1.54, 1.807) is 0 Å². The number of rotatable bonds is 13. The van der Waals surface area contributed by atoms with Gasteiger partial charge in [-0.05, 0) is 6.92 Å². The average molecular weight is 617 g/mol. The van der Waals surface area contributed by atoms with Crippen molar-refractivity contribution < 1.29 is 48.2 Å². The number of oxime groups is 1. The molecule has 4 amide bonds. The van der Waals surface area contributed by atoms with Crippen LogP contribution in [-0.4, -0.2) is 98.3 Å². The van der Waals surface area contributed by atoms with E-state index >= 15 is 0 Å². The Morgan fingerprint density at radius 3 is 2.65 bits per heavy atom. The van der Waals surface area contributed by atoms with Crippen LogP contribution in [-0.2, 0) is 43.1 Å². The number of alkyl halides is 1. The number of nitrogens with two attached hydrogens (primary N) is 1. The first-order chi connectivity index (χ1) is 18.9. The van der Waals surface area contributed by atoms with Gasteiger partial charge in [0, 0.05) is 16.7 Å². The van der Waals surface area contributed by atoms with E-state index < -0.39 is 83.8 Å². The number of carbonyl (C=O) groups is 7. The van der Waals surface area contributed by atoms with Gasteiger partial charge in [-0.25, -0.2) is 9.78 Å². The molecule has 2 aliphatic heterocycles. The zero-order valence-corrected chi connectivity index (χ0v) is 22.9. The number of anilines is 1. The highest BCUT2D eigenvalue weighted by atomic mass is 35.5. The van der Waals surface area contributed by atoms with Gasteiger partial charge in [0.15, 0.2) is 17.5 Å². The fourth-order valence-corrected chi connectivity index (χ4v) is 5.49. The van der Waals surface area contributed by atoms with E-state index in [0.717, 1.165) is 28.0 Å². The molecule has 1 fully saturated rings. The summed E-state index contributed by atoms with van der Waals surface area (Å²) in [6.07, 6.45) is -0.477. The van der Waals surface area contributed by atoms with Crippen LogP contribution in [0, 0.1) is 0 Å². The lowest BCUT2D eigenvalue weighted by molar-refractivity contribution is -0.150. The molecule has 2 atom stereocenters. The van der Waals surface area contributed by atoms with Gasteiger partial charge in [-0.15, -0.1) is 34.7 Å². The number of amides is 4. The van der Waals surface area contributed by atoms with Gasteiger partial charge in [0.05, 0.1) is 0 Å². The number of β-lactam (4-membered cyclic amide) rings is 1. The van der Waals surface area contributed by atoms with Crippen LogP contribution in [0.2, 0.25) is 0 Å². The van der Waals surface area contributed by atoms with Gasteiger partial charge in [-0.3, -0.25) is 33.7 Å². The van der Waals surface area contributed by atoms with Crippen molar-refractivity contribution in [3.63, 3.8) is 0 Å². The Morgan fingerprint density at radius 2 is 2.02 bits per heavy atom. The number of ketones is 1. The van der Waals surface area contributed by atoms with E-state index in [1.165, 1.54) is 12.3 Å². The van der Waals surface area contributed by atoms with Crippen LogP contribution in [0.15, 0.2) is 21.8 Å². The number of fused-ring (bicyclic) bond motifs is 1. The van der Waals surface area contributed by atoms with Crippen molar-refractivity contribution in [3.8, 4) is 0 Å². The highest BCUT2D eigenvalue weighted by Gasteiger charge is 2.54. The maximum atomic E-state index is 13.1. The Kier molecular flexibility index (Phi) is 10.2. The SMILES string of the molecule is CC(=O)CC(=O)OCC1=C(C(=O)O)N2C(=O)[C@@H](NC(=O)/C(=N\OCC(N)=O)c3csc(NC(=O)CCl)n3)[C@H]2SC1. The van der Waals surface area contributed by atoms with Crippen LogP contribution < -0.4 is 16.4 Å². The van der Waals surface area contributed by atoms with Crippen LogP contribution >= 0.6 is 34.7 Å². The Bertz CT molecular complexity index is 1330. The van der Waals surface area contributed by atoms with Crippen LogP contribution in [0.5, 0.6) is 0 Å². The maximum absolute atomic E-state index is 13.1. The van der Waals surface area contributed by atoms with Crippen molar-refractivity contribution in [1.29, 1.82) is 0 Å². The Hall–Kier alpha value is -4.03. The number of thioether (sulfide) groups is 1. The third-order valence-electron chi connectivity index (χ3n) is 5.03. The third-order valence-corrected chi connectivity index (χ3v) is 7.37. The van der Waals surface area contributed by atoms with Gasteiger partial charge in [0.25, 0.3) is 17.7 Å². The molecule has 0 spiro atoms. The number of halogens is 1. The summed E-state index contributed by atoms with van der Waals surface area (Å²) < 4.78 is 4.97. The van der Waals surface area contributed by atoms with Gasteiger partial charge in [0.2, 0.25) is 5.91 Å². The fraction of sp³-hybridized carbons (Fsp3) is 0.381. The Labute approximate surface area is 238 Å². The second kappa shape index (κ2) is 13.4. The molecule has 0 unspecified atom stereocenters. The topological polar surface area (TPSA) is 237 Å². The minimum Gasteiger partial charge on any atom is -0.477 e. The molecule has 3 rings (SSSR count). The number of carboxylic acids is 1. The minimum absolute atomic E-state index is 0.0498. The molecule has 0 aromatic carbocycles. The second-order valence-corrected chi connectivity index (χ2v) is 10.3. The molecule has 2 aliphatic rings. The number of ether oxygens (including phenoxy) is 1. The molecule has 19 heteroatoms. The Balaban J connectivity index is 1.76. The number of carbonyl (C=O) groups excluding carboxylic acids is 6. The van der Waals surface area contributed by atoms with Crippen LogP contribution in [0.1, 0.15) is 19.0 Å². The number of esters is 1. The summed E-state index contributed by atoms with van der Waals surface area (Å²) in [6, 6.07) is -1.18. The highest BCUT2D eigenvalue weighted by Crippen LogP contribution is 2.40. The molecule has 0 saturated carbocycles. The molecule has 3 heterocycles. The predicted molar refractivity (Wildman–Crippen MR) is 139 cm³/mol. The molecule has 0 aliphatic carbocycles. The number of thiazole rings is 1. The van der Waals surface area contributed by atoms with E-state index in [4.69, 9.17) is 26.9 Å². The van der Waals surface area contributed by atoms with Crippen molar-refractivity contribution in [3.05, 3.63) is 22.3 Å². The number of Topliss-reactive ketones (excluding diaryl/α,β-unsaturated/α-hetero) is 1. The first kappa shape index (κ1) is 30.5. The molecule has 1 aromatic heterocycles. The molecule has 16 nitrogen and oxygen atoms in total. The summed E-state index contributed by atoms with van der Waals surface area (Å²) in [5, 5.41) is 18.8. The highest BCUT2D eigenvalue weighted by molar-refractivity contribution is 8.00. The van der Waals surface area contributed by atoms with E-state index in [1.807, 2.05) is 0 Å². The molecule has 0 bridgehead atoms. The number of nitrogens with zero attached hydrogens (tertiary/aromatic N) is 3. The van der Waals surface area contributed by atoms with E-state index in [-0.39, 0.29) is 28.0 Å². The van der Waals surface area contributed by atoms with Gasteiger partial charge in [-0.1, -0.05) is 5.16 Å². The van der Waals surface area contributed by atoms with Gasteiger partial charge >= 0.3 is 11.9 Å². The number of aromatic nitrogens is 1. The van der Waals surface area contributed by atoms with Crippen LogP contribution in [0.25, 0.3) is 0 Å². The molecule has 40 heavy (non-hydrogen) atoms. The fourth-order valence-electron chi connectivity index (χ4n) is 3.38. The zero-order chi connectivity index (χ0) is 29.6. The van der Waals surface area contributed by atoms with Gasteiger partial charge in [0.1, 0.15) is 47.5 Å². The first-order valence-corrected chi connectivity index (χ1v) is 13.5. The molecule has 1 saturated heterocycles. The quantitative estimate of drug-likeness (QED) is 0.0510. The predicted octanol–water partition coefficient (Wildman–Crippen LogP) is -1.21. The van der Waals surface area contributed by atoms with E-state index in [0.29, 0.717) is 0 Å². The van der Waals surface area contributed by atoms with Crippen molar-refractivity contribution in [2.45, 2.75) is 24.8 Å². The number of aliphatic carboxylic acids is 1. The molecule has 214 valence electrons. The van der Waals surface area contributed by atoms with Crippen molar-refractivity contribution >= 4 is 86.9 Å². The number of primary amides is 1. The minimum atomic E-state index is -1.45. The van der Waals surface area contributed by atoms with Crippen LogP contribution in [0.3, 0.4) is 0 Å². The zero-order valence-electron chi connectivity index (χ0n) is 20.5. The summed E-state index contributed by atoms with van der Waals surface area (Å²) in [5.74, 6) is -6.15. The summed E-state index contributed by atoms with van der Waals surface area (Å²) in [4.78, 5) is 93.2. The largest absolute Gasteiger partial charge is 0.477 e. The number of nitrogens with one attached hydrogen (secondary N) is 2. The normalized spacial score (nSPS) is 18.3. The molecular weight excluding hydrogens is 596 g/mol. The summed E-state index contributed by atoms with van der Waals surface area (Å²) in [5.41, 5.74) is 4.24. The second-order valence-electron chi connectivity index (χ2n) is 8.06. The van der Waals surface area contributed by atoms with E-state index in [9.17, 15) is 38.7 Å². The molecule has 1 aromatic rings. The van der Waals surface area contributed by atoms with Gasteiger partial charge < -0.3 is 31.0 Å². The molecule has 5 N–H and O–H groups in total. The summed E-state index contributed by atoms with van der Waals surface area (Å²) in [6.45, 7) is 0.0941. The summed E-state index contributed by atoms with van der Waals surface area (Å²) in [7, 11) is 0. The lowest BCUT2D eigenvalue weighted by Gasteiger charge is -2.49. The number of hydrogen-bond donors (Lipinski definition) is 4. The average Bonchev–Trinajstić information content (AvgIpc) is 3.34. The van der Waals surface area contributed by atoms with Crippen molar-refractivity contribution in [1.82, 2.24) is 15.2 Å². The van der Waals surface area contributed by atoms with Crippen molar-refractivity contribution in [2.24, 2.45) is 10.9 Å². The number of carboxylic acid groups (broad SMARTS) is 1. The monoisotopic (exact) mass is 616 g/mol. The lowest BCUT2D eigenvalue weighted by atomic mass is 10.0. The standard InChI is InChI=1S/C21H21ClN6O10S2/c1-8(29)2-13(32)37-4-9-6-39-19-15(18(34)28(19)16(9)20(35)36)26-17(33)14(27-38-5-11(23)30)10-7-40-21(24-10)25-12(31)3-22/h7,15,19H,2-6H2,1H3,(H2,23,30)(H,26,33)(H,35,36)(H,24,25,31)/b27-14-/t15-,19-/m1/s1. The van der Waals surface area contributed by atoms with E-state index in [2.05, 4.69) is 20.8 Å². The van der Waals surface area contributed by atoms with Gasteiger partial charge in [-0.2, -0.15) is 0 Å². The molecule has 0 radical (unpaired) electrons. The third kappa shape index (κ3) is 7.33.